The Balaban J connectivity index is 1.44. The van der Waals surface area contributed by atoms with Gasteiger partial charge in [-0.05, 0) is 61.6 Å². The fraction of sp³-hybridized carbons (Fsp3) is 0.621. The van der Waals surface area contributed by atoms with Gasteiger partial charge in [-0.25, -0.2) is 0 Å². The Labute approximate surface area is 185 Å². The van der Waals surface area contributed by atoms with Crippen LogP contribution in [0.3, 0.4) is 0 Å². The first kappa shape index (κ1) is 23.0. The predicted octanol–water partition coefficient (Wildman–Crippen LogP) is 9.12. The molecule has 0 atom stereocenters. The largest absolute Gasteiger partial charge is 0.260 e. The fourth-order valence-electron chi connectivity index (χ4n) is 5.04. The van der Waals surface area contributed by atoms with Gasteiger partial charge in [-0.1, -0.05) is 95.5 Å². The molecule has 0 aliphatic heterocycles. The van der Waals surface area contributed by atoms with Gasteiger partial charge < -0.3 is 0 Å². The number of hydrogen-bond acceptors (Lipinski definition) is 1. The molecule has 2 aromatic rings. The van der Waals surface area contributed by atoms with Crippen molar-refractivity contribution in [3.05, 3.63) is 53.9 Å². The van der Waals surface area contributed by atoms with Crippen LogP contribution in [0.2, 0.25) is 0 Å². The van der Waals surface area contributed by atoms with Crippen molar-refractivity contribution in [2.24, 2.45) is 5.92 Å². The molecule has 0 radical (unpaired) electrons. The van der Waals surface area contributed by atoms with E-state index in [1.54, 1.807) is 0 Å². The Kier molecular flexibility index (Phi) is 9.93. The molecular weight excluding hydrogens is 362 g/mol. The van der Waals surface area contributed by atoms with E-state index in [1.807, 2.05) is 0 Å². The van der Waals surface area contributed by atoms with E-state index >= 15 is 0 Å². The van der Waals surface area contributed by atoms with Gasteiger partial charge in [0.1, 0.15) is 0 Å². The highest BCUT2D eigenvalue weighted by atomic mass is 14.7. The van der Waals surface area contributed by atoms with Crippen molar-refractivity contribution in [2.75, 3.05) is 0 Å². The Hall–Kier alpha value is -1.63. The van der Waals surface area contributed by atoms with E-state index in [-0.39, 0.29) is 0 Å². The molecule has 1 saturated carbocycles. The molecule has 3 rings (SSSR count). The second kappa shape index (κ2) is 12.9. The van der Waals surface area contributed by atoms with Crippen LogP contribution < -0.4 is 0 Å². The minimum atomic E-state index is 0.677. The summed E-state index contributed by atoms with van der Waals surface area (Å²) in [4.78, 5) is 4.88. The topological polar surface area (TPSA) is 12.9 Å². The van der Waals surface area contributed by atoms with Gasteiger partial charge in [0.25, 0.3) is 0 Å². The maximum atomic E-state index is 4.88. The Bertz CT molecular complexity index is 692. The molecule has 30 heavy (non-hydrogen) atoms. The van der Waals surface area contributed by atoms with E-state index in [4.69, 9.17) is 4.98 Å². The molecule has 0 saturated heterocycles. The van der Waals surface area contributed by atoms with Crippen LogP contribution in [0.4, 0.5) is 0 Å². The molecule has 1 nitrogen and oxygen atoms in total. The molecule has 1 heterocycles. The molecule has 1 fully saturated rings. The first-order valence-corrected chi connectivity index (χ1v) is 12.9. The van der Waals surface area contributed by atoms with Crippen LogP contribution in [0, 0.1) is 5.92 Å². The quantitative estimate of drug-likeness (QED) is 0.321. The van der Waals surface area contributed by atoms with Gasteiger partial charge in [0.15, 0.2) is 0 Å². The van der Waals surface area contributed by atoms with Gasteiger partial charge in [0.2, 0.25) is 0 Å². The van der Waals surface area contributed by atoms with E-state index in [0.29, 0.717) is 5.92 Å². The summed E-state index contributed by atoms with van der Waals surface area (Å²) in [6.07, 6.45) is 21.2. The number of rotatable bonds is 12. The molecule has 164 valence electrons. The van der Waals surface area contributed by atoms with Crippen LogP contribution in [0.25, 0.3) is 11.1 Å². The lowest BCUT2D eigenvalue weighted by Crippen LogP contribution is -2.14. The second-order valence-electron chi connectivity index (χ2n) is 9.55. The summed E-state index contributed by atoms with van der Waals surface area (Å²) in [7, 11) is 0. The third-order valence-electron chi connectivity index (χ3n) is 7.12. The van der Waals surface area contributed by atoms with Crippen molar-refractivity contribution in [1.29, 1.82) is 0 Å². The molecule has 1 heteroatoms. The summed E-state index contributed by atoms with van der Waals surface area (Å²) in [6.45, 7) is 4.56. The van der Waals surface area contributed by atoms with E-state index in [9.17, 15) is 0 Å². The first-order valence-electron chi connectivity index (χ1n) is 12.9. The molecule has 0 amide bonds. The van der Waals surface area contributed by atoms with Crippen LogP contribution in [0.15, 0.2) is 42.6 Å². The molecule has 0 unspecified atom stereocenters. The van der Waals surface area contributed by atoms with Crippen molar-refractivity contribution in [3.8, 4) is 11.1 Å². The molecular formula is C29H43N. The average Bonchev–Trinajstić information content (AvgIpc) is 2.80. The van der Waals surface area contributed by atoms with Crippen LogP contribution in [-0.4, -0.2) is 4.98 Å². The third kappa shape index (κ3) is 7.25. The molecule has 0 N–H and O–H groups in total. The number of pyridine rings is 1. The molecule has 1 aromatic heterocycles. The maximum Gasteiger partial charge on any atom is 0.0434 e. The summed E-state index contributed by atoms with van der Waals surface area (Å²) in [5, 5.41) is 0. The van der Waals surface area contributed by atoms with Gasteiger partial charge >= 0.3 is 0 Å². The standard InChI is InChI=1S/C29H43N/c1-3-5-7-8-10-12-25-15-19-27(20-16-25)29-22-21-28(23-30-29)26-17-13-24(14-18-26)11-9-6-4-2/h13-14,17-18,21-23,25,27H,3-12,15-16,19-20H2,1-2H3/t25-,27-. The summed E-state index contributed by atoms with van der Waals surface area (Å²) < 4.78 is 0. The lowest BCUT2D eigenvalue weighted by Gasteiger charge is -2.28. The Morgan fingerprint density at radius 2 is 1.37 bits per heavy atom. The monoisotopic (exact) mass is 405 g/mol. The lowest BCUT2D eigenvalue weighted by atomic mass is 9.78. The van der Waals surface area contributed by atoms with Crippen LogP contribution >= 0.6 is 0 Å². The van der Waals surface area contributed by atoms with Crippen molar-refractivity contribution in [1.82, 2.24) is 4.98 Å². The van der Waals surface area contributed by atoms with Crippen molar-refractivity contribution in [2.45, 2.75) is 110 Å². The van der Waals surface area contributed by atoms with Gasteiger partial charge in [-0.2, -0.15) is 0 Å². The molecule has 1 aliphatic carbocycles. The predicted molar refractivity (Wildman–Crippen MR) is 131 cm³/mol. The Morgan fingerprint density at radius 1 is 0.700 bits per heavy atom. The second-order valence-corrected chi connectivity index (χ2v) is 9.55. The first-order chi connectivity index (χ1) is 14.8. The van der Waals surface area contributed by atoms with Gasteiger partial charge in [-0.15, -0.1) is 0 Å². The number of nitrogens with zero attached hydrogens (tertiary/aromatic N) is 1. The van der Waals surface area contributed by atoms with Gasteiger partial charge in [-0.3, -0.25) is 4.98 Å². The number of unbranched alkanes of at least 4 members (excludes halogenated alkanes) is 6. The molecule has 0 bridgehead atoms. The van der Waals surface area contributed by atoms with Gasteiger partial charge in [0.05, 0.1) is 0 Å². The normalized spacial score (nSPS) is 19.1. The van der Waals surface area contributed by atoms with Crippen LogP contribution in [-0.2, 0) is 6.42 Å². The van der Waals surface area contributed by atoms with Crippen LogP contribution in [0.1, 0.15) is 114 Å². The maximum absolute atomic E-state index is 4.88. The SMILES string of the molecule is CCCCCCC[C@H]1CC[C@H](c2ccc(-c3ccc(CCCCC)cc3)cn2)CC1. The van der Waals surface area contributed by atoms with Crippen LogP contribution in [0.5, 0.6) is 0 Å². The minimum absolute atomic E-state index is 0.677. The summed E-state index contributed by atoms with van der Waals surface area (Å²) >= 11 is 0. The van der Waals surface area contributed by atoms with E-state index in [1.165, 1.54) is 112 Å². The van der Waals surface area contributed by atoms with E-state index < -0.39 is 0 Å². The van der Waals surface area contributed by atoms with Crippen molar-refractivity contribution < 1.29 is 0 Å². The van der Waals surface area contributed by atoms with E-state index in [0.717, 1.165) is 5.92 Å². The average molecular weight is 406 g/mol. The fourth-order valence-corrected chi connectivity index (χ4v) is 5.04. The summed E-state index contributed by atoms with van der Waals surface area (Å²) in [5.41, 5.74) is 5.31. The zero-order valence-electron chi connectivity index (χ0n) is 19.5. The zero-order chi connectivity index (χ0) is 21.0. The highest BCUT2D eigenvalue weighted by molar-refractivity contribution is 5.62. The van der Waals surface area contributed by atoms with Crippen molar-refractivity contribution in [3.63, 3.8) is 0 Å². The number of hydrogen-bond donors (Lipinski definition) is 0. The number of benzene rings is 1. The molecule has 1 aliphatic rings. The minimum Gasteiger partial charge on any atom is -0.260 e. The number of aryl methyl sites for hydroxylation is 1. The van der Waals surface area contributed by atoms with Gasteiger partial charge in [0, 0.05) is 23.4 Å². The smallest absolute Gasteiger partial charge is 0.0434 e. The lowest BCUT2D eigenvalue weighted by molar-refractivity contribution is 0.299. The summed E-state index contributed by atoms with van der Waals surface area (Å²) in [6, 6.07) is 13.7. The van der Waals surface area contributed by atoms with Crippen molar-refractivity contribution >= 4 is 0 Å². The molecule has 1 aromatic carbocycles. The number of aromatic nitrogens is 1. The highest BCUT2D eigenvalue weighted by Gasteiger charge is 2.22. The summed E-state index contributed by atoms with van der Waals surface area (Å²) in [5.74, 6) is 1.65. The Morgan fingerprint density at radius 3 is 2.03 bits per heavy atom. The highest BCUT2D eigenvalue weighted by Crippen LogP contribution is 2.37. The molecule has 0 spiro atoms. The van der Waals surface area contributed by atoms with E-state index in [2.05, 4.69) is 56.4 Å². The third-order valence-corrected chi connectivity index (χ3v) is 7.12. The zero-order valence-corrected chi connectivity index (χ0v) is 19.5.